The highest BCUT2D eigenvalue weighted by atomic mass is 79.9. The Bertz CT molecular complexity index is 303. The number of aromatic nitrogens is 1. The molecule has 1 heterocycles. The van der Waals surface area contributed by atoms with E-state index in [0.717, 1.165) is 12.8 Å². The summed E-state index contributed by atoms with van der Waals surface area (Å²) in [5, 5.41) is 2.88. The van der Waals surface area contributed by atoms with Gasteiger partial charge in [0.05, 0.1) is 4.83 Å². The maximum Gasteiger partial charge on any atom is 0.233 e. The summed E-state index contributed by atoms with van der Waals surface area (Å²) < 4.78 is 0. The summed E-state index contributed by atoms with van der Waals surface area (Å²) in [5.41, 5.74) is 1.19. The molecule has 0 spiro atoms. The first-order valence-electron chi connectivity index (χ1n) is 5.04. The third kappa shape index (κ3) is 4.42. The number of carbonyl (C=O) groups excluding carboxylic acids is 1. The van der Waals surface area contributed by atoms with Crippen LogP contribution in [0, 0.1) is 0 Å². The standard InChI is InChI=1S/C11H15BrN2O/c1-2-10(12)11(15)14-8-5-9-3-6-13-7-4-9/h3-4,6-7,10H,2,5,8H2,1H3,(H,14,15). The fourth-order valence-electron chi connectivity index (χ4n) is 1.18. The zero-order valence-corrected chi connectivity index (χ0v) is 10.3. The molecule has 0 saturated carbocycles. The summed E-state index contributed by atoms with van der Waals surface area (Å²) in [6, 6.07) is 3.91. The van der Waals surface area contributed by atoms with E-state index in [-0.39, 0.29) is 10.7 Å². The smallest absolute Gasteiger partial charge is 0.233 e. The van der Waals surface area contributed by atoms with Gasteiger partial charge in [-0.3, -0.25) is 9.78 Å². The van der Waals surface area contributed by atoms with Gasteiger partial charge in [-0.15, -0.1) is 0 Å². The van der Waals surface area contributed by atoms with E-state index in [9.17, 15) is 4.79 Å². The molecular formula is C11H15BrN2O. The lowest BCUT2D eigenvalue weighted by atomic mass is 10.2. The van der Waals surface area contributed by atoms with Gasteiger partial charge in [-0.2, -0.15) is 0 Å². The van der Waals surface area contributed by atoms with Gasteiger partial charge in [0.1, 0.15) is 0 Å². The number of hydrogen-bond donors (Lipinski definition) is 1. The van der Waals surface area contributed by atoms with E-state index in [1.807, 2.05) is 19.1 Å². The highest BCUT2D eigenvalue weighted by Crippen LogP contribution is 2.03. The molecule has 0 aliphatic rings. The summed E-state index contributed by atoms with van der Waals surface area (Å²) >= 11 is 3.31. The number of rotatable bonds is 5. The summed E-state index contributed by atoms with van der Waals surface area (Å²) in [5.74, 6) is 0.0616. The average Bonchev–Trinajstić information content (AvgIpc) is 2.29. The molecule has 1 atom stereocenters. The van der Waals surface area contributed by atoms with Crippen molar-refractivity contribution in [1.29, 1.82) is 0 Å². The largest absolute Gasteiger partial charge is 0.355 e. The lowest BCUT2D eigenvalue weighted by molar-refractivity contribution is -0.120. The van der Waals surface area contributed by atoms with Crippen LogP contribution >= 0.6 is 15.9 Å². The molecule has 1 amide bonds. The minimum Gasteiger partial charge on any atom is -0.355 e. The molecule has 0 bridgehead atoms. The fourth-order valence-corrected chi connectivity index (χ4v) is 1.34. The maximum absolute atomic E-state index is 11.4. The summed E-state index contributed by atoms with van der Waals surface area (Å²) in [7, 11) is 0. The van der Waals surface area contributed by atoms with Crippen molar-refractivity contribution < 1.29 is 4.79 Å². The van der Waals surface area contributed by atoms with E-state index < -0.39 is 0 Å². The molecule has 15 heavy (non-hydrogen) atoms. The Kier molecular flexibility index (Phi) is 5.32. The highest BCUT2D eigenvalue weighted by molar-refractivity contribution is 9.10. The Balaban J connectivity index is 2.25. The topological polar surface area (TPSA) is 42.0 Å². The van der Waals surface area contributed by atoms with Crippen molar-refractivity contribution in [3.63, 3.8) is 0 Å². The SMILES string of the molecule is CCC(Br)C(=O)NCCc1ccncc1. The Hall–Kier alpha value is -0.900. The molecular weight excluding hydrogens is 256 g/mol. The van der Waals surface area contributed by atoms with E-state index >= 15 is 0 Å². The molecule has 0 saturated heterocycles. The number of amides is 1. The van der Waals surface area contributed by atoms with Crippen molar-refractivity contribution in [2.75, 3.05) is 6.54 Å². The first-order chi connectivity index (χ1) is 7.24. The molecule has 0 aliphatic carbocycles. The zero-order chi connectivity index (χ0) is 11.1. The zero-order valence-electron chi connectivity index (χ0n) is 8.74. The number of carbonyl (C=O) groups is 1. The van der Waals surface area contributed by atoms with Crippen molar-refractivity contribution in [2.45, 2.75) is 24.6 Å². The molecule has 1 aromatic rings. The second-order valence-electron chi connectivity index (χ2n) is 3.27. The predicted octanol–water partition coefficient (Wildman–Crippen LogP) is 1.91. The molecule has 1 aromatic heterocycles. The van der Waals surface area contributed by atoms with E-state index in [4.69, 9.17) is 0 Å². The molecule has 0 fully saturated rings. The molecule has 0 aromatic carbocycles. The summed E-state index contributed by atoms with van der Waals surface area (Å²) in [4.78, 5) is 15.3. The van der Waals surface area contributed by atoms with Crippen LogP contribution in [0.15, 0.2) is 24.5 Å². The number of halogens is 1. The van der Waals surface area contributed by atoms with Crippen LogP contribution in [-0.2, 0) is 11.2 Å². The summed E-state index contributed by atoms with van der Waals surface area (Å²) in [6.45, 7) is 2.65. The third-order valence-corrected chi connectivity index (χ3v) is 3.17. The van der Waals surface area contributed by atoms with Crippen molar-refractivity contribution in [3.05, 3.63) is 30.1 Å². The van der Waals surface area contributed by atoms with E-state index in [2.05, 4.69) is 26.2 Å². The van der Waals surface area contributed by atoms with Gasteiger partial charge in [0.2, 0.25) is 5.91 Å². The quantitative estimate of drug-likeness (QED) is 0.831. The van der Waals surface area contributed by atoms with Gasteiger partial charge in [-0.05, 0) is 30.5 Å². The number of pyridine rings is 1. The van der Waals surface area contributed by atoms with Gasteiger partial charge >= 0.3 is 0 Å². The van der Waals surface area contributed by atoms with Crippen LogP contribution in [0.3, 0.4) is 0 Å². The summed E-state index contributed by atoms with van der Waals surface area (Å²) in [6.07, 6.45) is 5.17. The Morgan fingerprint density at radius 1 is 1.53 bits per heavy atom. The second kappa shape index (κ2) is 6.56. The van der Waals surface area contributed by atoms with Crippen LogP contribution in [-0.4, -0.2) is 22.3 Å². The molecule has 1 rings (SSSR count). The normalized spacial score (nSPS) is 12.1. The average molecular weight is 271 g/mol. The van der Waals surface area contributed by atoms with Crippen LogP contribution in [0.2, 0.25) is 0 Å². The Morgan fingerprint density at radius 3 is 2.80 bits per heavy atom. The fraction of sp³-hybridized carbons (Fsp3) is 0.455. The van der Waals surface area contributed by atoms with Gasteiger partial charge < -0.3 is 5.32 Å². The van der Waals surface area contributed by atoms with Crippen molar-refractivity contribution >= 4 is 21.8 Å². The molecule has 0 radical (unpaired) electrons. The van der Waals surface area contributed by atoms with Crippen molar-refractivity contribution in [3.8, 4) is 0 Å². The number of nitrogens with zero attached hydrogens (tertiary/aromatic N) is 1. The molecule has 4 heteroatoms. The van der Waals surface area contributed by atoms with E-state index in [1.165, 1.54) is 5.56 Å². The number of hydrogen-bond acceptors (Lipinski definition) is 2. The predicted molar refractivity (Wildman–Crippen MR) is 64.0 cm³/mol. The van der Waals surface area contributed by atoms with E-state index in [0.29, 0.717) is 6.54 Å². The first-order valence-corrected chi connectivity index (χ1v) is 5.96. The Labute approximate surface area is 98.4 Å². The molecule has 3 nitrogen and oxygen atoms in total. The maximum atomic E-state index is 11.4. The minimum absolute atomic E-state index is 0.0616. The molecule has 1 N–H and O–H groups in total. The van der Waals surface area contributed by atoms with E-state index in [1.54, 1.807) is 12.4 Å². The molecule has 0 aliphatic heterocycles. The second-order valence-corrected chi connectivity index (χ2v) is 4.38. The van der Waals surface area contributed by atoms with Gasteiger partial charge in [0, 0.05) is 18.9 Å². The van der Waals surface area contributed by atoms with Gasteiger partial charge in [-0.1, -0.05) is 22.9 Å². The van der Waals surface area contributed by atoms with Gasteiger partial charge in [-0.25, -0.2) is 0 Å². The number of alkyl halides is 1. The highest BCUT2D eigenvalue weighted by Gasteiger charge is 2.10. The first kappa shape index (κ1) is 12.2. The van der Waals surface area contributed by atoms with Gasteiger partial charge in [0.25, 0.3) is 0 Å². The Morgan fingerprint density at radius 2 is 2.20 bits per heavy atom. The van der Waals surface area contributed by atoms with Crippen LogP contribution in [0.25, 0.3) is 0 Å². The lowest BCUT2D eigenvalue weighted by Crippen LogP contribution is -2.32. The van der Waals surface area contributed by atoms with Crippen molar-refractivity contribution in [2.24, 2.45) is 0 Å². The van der Waals surface area contributed by atoms with Crippen LogP contribution in [0.5, 0.6) is 0 Å². The lowest BCUT2D eigenvalue weighted by Gasteiger charge is -2.08. The van der Waals surface area contributed by atoms with Crippen molar-refractivity contribution in [1.82, 2.24) is 10.3 Å². The third-order valence-electron chi connectivity index (χ3n) is 2.11. The van der Waals surface area contributed by atoms with Gasteiger partial charge in [0.15, 0.2) is 0 Å². The molecule has 1 unspecified atom stereocenters. The molecule has 82 valence electrons. The van der Waals surface area contributed by atoms with Crippen LogP contribution < -0.4 is 5.32 Å². The van der Waals surface area contributed by atoms with Crippen LogP contribution in [0.4, 0.5) is 0 Å². The minimum atomic E-state index is -0.0741. The van der Waals surface area contributed by atoms with Crippen LogP contribution in [0.1, 0.15) is 18.9 Å². The monoisotopic (exact) mass is 270 g/mol. The number of nitrogens with one attached hydrogen (secondary N) is 1.